The molecule has 0 amide bonds. The lowest BCUT2D eigenvalue weighted by atomic mass is 10.1. The van der Waals surface area contributed by atoms with Gasteiger partial charge in [-0.2, -0.15) is 13.7 Å². The summed E-state index contributed by atoms with van der Waals surface area (Å²) in [5, 5.41) is 8.04. The van der Waals surface area contributed by atoms with Gasteiger partial charge in [0.25, 0.3) is 10.1 Å². The number of carbonyl (C=O) groups excluding carboxylic acids is 1. The molecule has 0 rings (SSSR count). The zero-order valence-corrected chi connectivity index (χ0v) is 12.7. The molecule has 0 radical (unpaired) electrons. The van der Waals surface area contributed by atoms with E-state index in [0.29, 0.717) is 0 Å². The fraction of sp³-hybridized carbons (Fsp3) is 0.917. The van der Waals surface area contributed by atoms with Crippen molar-refractivity contribution in [1.82, 2.24) is 0 Å². The Labute approximate surface area is 120 Å². The monoisotopic (exact) mass is 312 g/mol. The van der Waals surface area contributed by atoms with Crippen molar-refractivity contribution >= 4 is 16.1 Å². The van der Waals surface area contributed by atoms with Crippen LogP contribution in [0.4, 0.5) is 0 Å². The molecule has 0 aliphatic heterocycles. The van der Waals surface area contributed by atoms with Crippen LogP contribution in [0, 0.1) is 0 Å². The maximum absolute atomic E-state index is 10.6. The van der Waals surface area contributed by atoms with Crippen LogP contribution in [0.2, 0.25) is 0 Å². The van der Waals surface area contributed by atoms with Gasteiger partial charge in [0, 0.05) is 6.42 Å². The van der Waals surface area contributed by atoms with E-state index in [-0.39, 0.29) is 13.0 Å². The molecule has 0 fully saturated rings. The Morgan fingerprint density at radius 3 is 1.95 bits per heavy atom. The smallest absolute Gasteiger partial charge is 0.301 e. The quantitative estimate of drug-likeness (QED) is 0.317. The standard InChI is InChI=1S/C12H24O7S/c1-20(15,16)19-17-11-9-7-5-3-2-4-6-8-10-12(13)18-14/h14H,2-11H2,1H3. The van der Waals surface area contributed by atoms with Crippen LogP contribution < -0.4 is 0 Å². The van der Waals surface area contributed by atoms with E-state index in [0.717, 1.165) is 57.6 Å². The maximum Gasteiger partial charge on any atom is 0.342 e. The van der Waals surface area contributed by atoms with E-state index in [1.807, 2.05) is 0 Å². The molecular formula is C12H24O7S. The third kappa shape index (κ3) is 15.4. The first-order valence-electron chi connectivity index (χ1n) is 6.81. The van der Waals surface area contributed by atoms with Gasteiger partial charge >= 0.3 is 5.97 Å². The van der Waals surface area contributed by atoms with Gasteiger partial charge < -0.3 is 4.89 Å². The van der Waals surface area contributed by atoms with Crippen LogP contribution in [0.25, 0.3) is 0 Å². The second kappa shape index (κ2) is 12.1. The van der Waals surface area contributed by atoms with Gasteiger partial charge in [0.05, 0.1) is 12.9 Å². The van der Waals surface area contributed by atoms with Crippen LogP contribution in [0.1, 0.15) is 57.8 Å². The van der Waals surface area contributed by atoms with Gasteiger partial charge in [-0.25, -0.2) is 9.68 Å². The minimum absolute atomic E-state index is 0.258. The minimum Gasteiger partial charge on any atom is -0.301 e. The Morgan fingerprint density at radius 2 is 1.45 bits per heavy atom. The van der Waals surface area contributed by atoms with Gasteiger partial charge in [0.1, 0.15) is 0 Å². The molecule has 0 spiro atoms. The van der Waals surface area contributed by atoms with E-state index in [2.05, 4.69) is 14.1 Å². The Hall–Kier alpha value is -0.700. The highest BCUT2D eigenvalue weighted by atomic mass is 32.2. The van der Waals surface area contributed by atoms with Crippen molar-refractivity contribution in [2.45, 2.75) is 57.8 Å². The summed E-state index contributed by atoms with van der Waals surface area (Å²) < 4.78 is 25.3. The molecule has 120 valence electrons. The molecule has 0 unspecified atom stereocenters. The third-order valence-electron chi connectivity index (χ3n) is 2.63. The van der Waals surface area contributed by atoms with Crippen LogP contribution in [0.15, 0.2) is 0 Å². The Balaban J connectivity index is 3.12. The first-order chi connectivity index (χ1) is 9.45. The van der Waals surface area contributed by atoms with Crippen molar-refractivity contribution in [3.63, 3.8) is 0 Å². The molecule has 20 heavy (non-hydrogen) atoms. The van der Waals surface area contributed by atoms with Gasteiger partial charge in [-0.05, 0) is 12.8 Å². The second-order valence-electron chi connectivity index (χ2n) is 4.64. The average Bonchev–Trinajstić information content (AvgIpc) is 2.38. The molecule has 7 nitrogen and oxygen atoms in total. The number of hydrogen-bond donors (Lipinski definition) is 1. The van der Waals surface area contributed by atoms with Gasteiger partial charge in [0.15, 0.2) is 0 Å². The number of carbonyl (C=O) groups is 1. The van der Waals surface area contributed by atoms with E-state index < -0.39 is 16.1 Å². The summed E-state index contributed by atoms with van der Waals surface area (Å²) >= 11 is 0. The summed E-state index contributed by atoms with van der Waals surface area (Å²) in [6, 6.07) is 0. The predicted octanol–water partition coefficient (Wildman–Crippen LogP) is 2.42. The number of unbranched alkanes of at least 4 members (excludes halogenated alkanes) is 7. The van der Waals surface area contributed by atoms with Crippen molar-refractivity contribution < 1.29 is 32.6 Å². The normalized spacial score (nSPS) is 11.5. The molecule has 0 heterocycles. The lowest BCUT2D eigenvalue weighted by Crippen LogP contribution is -2.04. The fourth-order valence-electron chi connectivity index (χ4n) is 1.66. The van der Waals surface area contributed by atoms with E-state index >= 15 is 0 Å². The highest BCUT2D eigenvalue weighted by Gasteiger charge is 2.02. The predicted molar refractivity (Wildman–Crippen MR) is 72.2 cm³/mol. The summed E-state index contributed by atoms with van der Waals surface area (Å²) in [7, 11) is -3.51. The lowest BCUT2D eigenvalue weighted by molar-refractivity contribution is -0.234. The van der Waals surface area contributed by atoms with Crippen molar-refractivity contribution in [3.05, 3.63) is 0 Å². The molecular weight excluding hydrogens is 288 g/mol. The topological polar surface area (TPSA) is 99.1 Å². The van der Waals surface area contributed by atoms with E-state index in [1.165, 1.54) is 0 Å². The van der Waals surface area contributed by atoms with E-state index in [4.69, 9.17) is 5.26 Å². The molecule has 0 aromatic carbocycles. The lowest BCUT2D eigenvalue weighted by Gasteiger charge is -2.02. The zero-order chi connectivity index (χ0) is 15.3. The number of rotatable bonds is 13. The number of hydrogen-bond acceptors (Lipinski definition) is 7. The van der Waals surface area contributed by atoms with Crippen LogP contribution in [-0.2, 0) is 29.0 Å². The molecule has 0 saturated carbocycles. The summed E-state index contributed by atoms with van der Waals surface area (Å²) in [6.07, 6.45) is 8.89. The molecule has 0 aliphatic carbocycles. The Morgan fingerprint density at radius 1 is 0.950 bits per heavy atom. The second-order valence-corrected chi connectivity index (χ2v) is 6.18. The van der Waals surface area contributed by atoms with Crippen LogP contribution in [-0.4, -0.2) is 32.5 Å². The summed E-state index contributed by atoms with van der Waals surface area (Å²) in [4.78, 5) is 18.7. The first-order valence-corrected chi connectivity index (χ1v) is 8.62. The van der Waals surface area contributed by atoms with Gasteiger partial charge in [0.2, 0.25) is 0 Å². The Bertz CT molecular complexity index is 340. The van der Waals surface area contributed by atoms with Crippen LogP contribution in [0.5, 0.6) is 0 Å². The van der Waals surface area contributed by atoms with Gasteiger partial charge in [-0.1, -0.05) is 38.5 Å². The van der Waals surface area contributed by atoms with Crippen molar-refractivity contribution in [2.24, 2.45) is 0 Å². The molecule has 0 aromatic rings. The van der Waals surface area contributed by atoms with Crippen molar-refractivity contribution in [1.29, 1.82) is 0 Å². The molecule has 0 aromatic heterocycles. The highest BCUT2D eigenvalue weighted by Crippen LogP contribution is 2.10. The molecule has 0 aliphatic rings. The average molecular weight is 312 g/mol. The summed E-state index contributed by atoms with van der Waals surface area (Å²) in [6.45, 7) is 0.274. The first kappa shape index (κ1) is 19.3. The van der Waals surface area contributed by atoms with Gasteiger partial charge in [-0.3, -0.25) is 0 Å². The van der Waals surface area contributed by atoms with Crippen molar-refractivity contribution in [3.8, 4) is 0 Å². The SMILES string of the molecule is CS(=O)(=O)OOCCCCCCCCCCC(=O)OO. The molecule has 0 bridgehead atoms. The van der Waals surface area contributed by atoms with Crippen LogP contribution >= 0.6 is 0 Å². The van der Waals surface area contributed by atoms with Gasteiger partial charge in [-0.15, -0.1) is 4.33 Å². The minimum atomic E-state index is -3.51. The fourth-order valence-corrected chi connectivity index (χ4v) is 1.90. The third-order valence-corrected chi connectivity index (χ3v) is 2.98. The summed E-state index contributed by atoms with van der Waals surface area (Å²) in [5.41, 5.74) is 0. The van der Waals surface area contributed by atoms with Crippen molar-refractivity contribution in [2.75, 3.05) is 12.9 Å². The van der Waals surface area contributed by atoms with Crippen LogP contribution in [0.3, 0.4) is 0 Å². The highest BCUT2D eigenvalue weighted by molar-refractivity contribution is 7.85. The zero-order valence-electron chi connectivity index (χ0n) is 11.9. The maximum atomic E-state index is 10.6. The molecule has 0 atom stereocenters. The molecule has 1 N–H and O–H groups in total. The largest absolute Gasteiger partial charge is 0.342 e. The summed E-state index contributed by atoms with van der Waals surface area (Å²) in [5.74, 6) is -0.582. The van der Waals surface area contributed by atoms with E-state index in [9.17, 15) is 13.2 Å². The molecule has 0 saturated heterocycles. The molecule has 8 heteroatoms. The van der Waals surface area contributed by atoms with E-state index in [1.54, 1.807) is 0 Å². The Kier molecular flexibility index (Phi) is 11.6.